The van der Waals surface area contributed by atoms with Crippen molar-refractivity contribution >= 4 is 40.2 Å². The molecule has 0 bridgehead atoms. The third-order valence-electron chi connectivity index (χ3n) is 3.57. The Kier molecular flexibility index (Phi) is 4.96. The summed E-state index contributed by atoms with van der Waals surface area (Å²) in [6.07, 6.45) is 0. The molecule has 0 aliphatic carbocycles. The first-order chi connectivity index (χ1) is 12.0. The smallest absolute Gasteiger partial charge is 0.337 e. The molecule has 2 N–H and O–H groups in total. The molecule has 25 heavy (non-hydrogen) atoms. The van der Waals surface area contributed by atoms with Crippen LogP contribution in [-0.2, 0) is 10.5 Å². The van der Waals surface area contributed by atoms with Crippen molar-refractivity contribution in [2.75, 3.05) is 13.0 Å². The molecule has 0 saturated carbocycles. The predicted octanol–water partition coefficient (Wildman–Crippen LogP) is 2.84. The number of nitrogen functional groups attached to an aromatic ring is 1. The van der Waals surface area contributed by atoms with E-state index in [9.17, 15) is 9.59 Å². The van der Waals surface area contributed by atoms with Crippen molar-refractivity contribution < 1.29 is 9.53 Å². The van der Waals surface area contributed by atoms with Gasteiger partial charge in [0.2, 0.25) is 0 Å². The zero-order valence-electron chi connectivity index (χ0n) is 13.2. The van der Waals surface area contributed by atoms with E-state index in [0.29, 0.717) is 32.4 Å². The topological polar surface area (TPSA) is 87.2 Å². The minimum atomic E-state index is -0.490. The van der Waals surface area contributed by atoms with Gasteiger partial charge in [-0.2, -0.15) is 0 Å². The molecule has 0 atom stereocenters. The van der Waals surface area contributed by atoms with Gasteiger partial charge in [-0.1, -0.05) is 35.5 Å². The Balaban J connectivity index is 1.96. The molecule has 0 spiro atoms. The molecule has 8 heteroatoms. The van der Waals surface area contributed by atoms with Crippen molar-refractivity contribution in [2.24, 2.45) is 0 Å². The Labute approximate surface area is 152 Å². The van der Waals surface area contributed by atoms with Gasteiger partial charge in [0, 0.05) is 10.8 Å². The SMILES string of the molecule is COC(=O)c1ccc2c(=O)n(N)c(SCc3ccc(Cl)cc3)nc2c1. The van der Waals surface area contributed by atoms with Crippen LogP contribution in [0, 0.1) is 0 Å². The number of benzene rings is 2. The summed E-state index contributed by atoms with van der Waals surface area (Å²) in [7, 11) is 1.30. The molecular weight excluding hydrogens is 362 g/mol. The molecule has 6 nitrogen and oxygen atoms in total. The number of halogens is 1. The lowest BCUT2D eigenvalue weighted by Crippen LogP contribution is -2.29. The molecule has 0 radical (unpaired) electrons. The second-order valence-electron chi connectivity index (χ2n) is 5.21. The van der Waals surface area contributed by atoms with Gasteiger partial charge >= 0.3 is 5.97 Å². The first-order valence-electron chi connectivity index (χ1n) is 7.27. The van der Waals surface area contributed by atoms with Crippen LogP contribution in [0.4, 0.5) is 0 Å². The summed E-state index contributed by atoms with van der Waals surface area (Å²) in [5, 5.41) is 1.35. The summed E-state index contributed by atoms with van der Waals surface area (Å²) in [4.78, 5) is 28.5. The maximum Gasteiger partial charge on any atom is 0.337 e. The van der Waals surface area contributed by atoms with Crippen molar-refractivity contribution in [2.45, 2.75) is 10.9 Å². The van der Waals surface area contributed by atoms with E-state index in [1.54, 1.807) is 12.1 Å². The van der Waals surface area contributed by atoms with Gasteiger partial charge in [-0.3, -0.25) is 4.79 Å². The molecular formula is C17H14ClN3O3S. The van der Waals surface area contributed by atoms with E-state index in [0.717, 1.165) is 10.2 Å². The summed E-state index contributed by atoms with van der Waals surface area (Å²) >= 11 is 7.19. The van der Waals surface area contributed by atoms with Gasteiger partial charge in [-0.05, 0) is 35.9 Å². The standard InChI is InChI=1S/C17H14ClN3O3S/c1-24-16(23)11-4-7-13-14(8-11)20-17(21(19)15(13)22)25-9-10-2-5-12(18)6-3-10/h2-8H,9,19H2,1H3. The predicted molar refractivity (Wildman–Crippen MR) is 98.5 cm³/mol. The minimum Gasteiger partial charge on any atom is -0.465 e. The fourth-order valence-electron chi connectivity index (χ4n) is 2.25. The second kappa shape index (κ2) is 7.16. The van der Waals surface area contributed by atoms with Gasteiger partial charge < -0.3 is 10.6 Å². The number of aromatic nitrogens is 2. The Bertz CT molecular complexity index is 1000. The number of fused-ring (bicyclic) bond motifs is 1. The molecule has 0 aliphatic rings. The number of methoxy groups -OCH3 is 1. The summed E-state index contributed by atoms with van der Waals surface area (Å²) in [6, 6.07) is 11.9. The average molecular weight is 376 g/mol. The number of nitrogens with zero attached hydrogens (tertiary/aromatic N) is 2. The molecule has 3 aromatic rings. The summed E-state index contributed by atoms with van der Waals surface area (Å²) < 4.78 is 5.71. The first kappa shape index (κ1) is 17.3. The molecule has 0 unspecified atom stereocenters. The quantitative estimate of drug-likeness (QED) is 0.326. The molecule has 1 heterocycles. The highest BCUT2D eigenvalue weighted by molar-refractivity contribution is 7.98. The van der Waals surface area contributed by atoms with E-state index in [2.05, 4.69) is 4.98 Å². The zero-order valence-corrected chi connectivity index (χ0v) is 14.8. The molecule has 0 saturated heterocycles. The van der Waals surface area contributed by atoms with Crippen molar-refractivity contribution in [3.8, 4) is 0 Å². The maximum absolute atomic E-state index is 12.4. The van der Waals surface area contributed by atoms with Crippen molar-refractivity contribution in [3.05, 3.63) is 69.0 Å². The van der Waals surface area contributed by atoms with Crippen LogP contribution >= 0.6 is 23.4 Å². The third kappa shape index (κ3) is 3.62. The van der Waals surface area contributed by atoms with E-state index in [1.165, 1.54) is 37.1 Å². The number of hydrogen-bond donors (Lipinski definition) is 1. The van der Waals surface area contributed by atoms with Crippen molar-refractivity contribution in [1.82, 2.24) is 9.66 Å². The fourth-order valence-corrected chi connectivity index (χ4v) is 3.25. The normalized spacial score (nSPS) is 10.8. The Hall–Kier alpha value is -2.51. The highest BCUT2D eigenvalue weighted by Gasteiger charge is 2.13. The number of esters is 1. The molecule has 3 rings (SSSR count). The summed E-state index contributed by atoms with van der Waals surface area (Å²) in [5.74, 6) is 5.95. The fraction of sp³-hybridized carbons (Fsp3) is 0.118. The maximum atomic E-state index is 12.4. The van der Waals surface area contributed by atoms with Gasteiger partial charge in [-0.15, -0.1) is 0 Å². The van der Waals surface area contributed by atoms with Crippen LogP contribution in [0.1, 0.15) is 15.9 Å². The first-order valence-corrected chi connectivity index (χ1v) is 8.63. The van der Waals surface area contributed by atoms with Crippen LogP contribution in [-0.4, -0.2) is 22.7 Å². The van der Waals surface area contributed by atoms with Crippen LogP contribution in [0.25, 0.3) is 10.9 Å². The Morgan fingerprint density at radius 3 is 2.68 bits per heavy atom. The molecule has 128 valence electrons. The lowest BCUT2D eigenvalue weighted by Gasteiger charge is -2.09. The van der Waals surface area contributed by atoms with Gasteiger partial charge in [0.25, 0.3) is 5.56 Å². The summed E-state index contributed by atoms with van der Waals surface area (Å²) in [6.45, 7) is 0. The van der Waals surface area contributed by atoms with Gasteiger partial charge in [0.15, 0.2) is 5.16 Å². The molecule has 0 aliphatic heterocycles. The lowest BCUT2D eigenvalue weighted by molar-refractivity contribution is 0.0601. The average Bonchev–Trinajstić information content (AvgIpc) is 2.63. The van der Waals surface area contributed by atoms with Crippen molar-refractivity contribution in [3.63, 3.8) is 0 Å². The highest BCUT2D eigenvalue weighted by Crippen LogP contribution is 2.22. The minimum absolute atomic E-state index is 0.324. The zero-order chi connectivity index (χ0) is 18.0. The van der Waals surface area contributed by atoms with E-state index in [1.807, 2.05) is 12.1 Å². The van der Waals surface area contributed by atoms with E-state index in [-0.39, 0.29) is 5.56 Å². The number of ether oxygens (including phenoxy) is 1. The second-order valence-corrected chi connectivity index (χ2v) is 6.59. The summed E-state index contributed by atoms with van der Waals surface area (Å²) in [5.41, 5.74) is 1.37. The lowest BCUT2D eigenvalue weighted by atomic mass is 10.1. The van der Waals surface area contributed by atoms with Crippen LogP contribution in [0.15, 0.2) is 52.4 Å². The largest absolute Gasteiger partial charge is 0.465 e. The number of thioether (sulfide) groups is 1. The van der Waals surface area contributed by atoms with Gasteiger partial charge in [0.1, 0.15) is 0 Å². The number of carbonyl (C=O) groups excluding carboxylic acids is 1. The Morgan fingerprint density at radius 2 is 2.00 bits per heavy atom. The van der Waals surface area contributed by atoms with Crippen LogP contribution in [0.3, 0.4) is 0 Å². The van der Waals surface area contributed by atoms with E-state index >= 15 is 0 Å². The molecule has 1 aromatic heterocycles. The van der Waals surface area contributed by atoms with E-state index < -0.39 is 5.97 Å². The number of carbonyl (C=O) groups is 1. The van der Waals surface area contributed by atoms with Crippen LogP contribution in [0.2, 0.25) is 5.02 Å². The monoisotopic (exact) mass is 375 g/mol. The number of rotatable bonds is 4. The third-order valence-corrected chi connectivity index (χ3v) is 4.85. The number of hydrogen-bond acceptors (Lipinski definition) is 6. The molecule has 0 amide bonds. The van der Waals surface area contributed by atoms with Crippen LogP contribution in [0.5, 0.6) is 0 Å². The van der Waals surface area contributed by atoms with Gasteiger partial charge in [0.05, 0.1) is 23.6 Å². The van der Waals surface area contributed by atoms with Gasteiger partial charge in [-0.25, -0.2) is 14.5 Å². The Morgan fingerprint density at radius 1 is 1.28 bits per heavy atom. The highest BCUT2D eigenvalue weighted by atomic mass is 35.5. The molecule has 0 fully saturated rings. The number of nitrogens with two attached hydrogens (primary N) is 1. The molecule has 2 aromatic carbocycles. The van der Waals surface area contributed by atoms with Crippen molar-refractivity contribution in [1.29, 1.82) is 0 Å². The van der Waals surface area contributed by atoms with Crippen LogP contribution < -0.4 is 11.4 Å². The van der Waals surface area contributed by atoms with E-state index in [4.69, 9.17) is 22.2 Å².